The number of esters is 2. The van der Waals surface area contributed by atoms with Crippen molar-refractivity contribution in [1.29, 1.82) is 0 Å². The molecule has 0 saturated heterocycles. The molecular formula is C36H40N2O6. The minimum absolute atomic E-state index is 0.0419. The average Bonchev–Trinajstić information content (AvgIpc) is 3.03. The average molecular weight is 597 g/mol. The molecule has 8 nitrogen and oxygen atoms in total. The van der Waals surface area contributed by atoms with Gasteiger partial charge in [0.1, 0.15) is 12.6 Å². The van der Waals surface area contributed by atoms with Gasteiger partial charge in [0.05, 0.1) is 13.2 Å². The number of nitrogens with one attached hydrogen (secondary N) is 1. The molecule has 230 valence electrons. The third-order valence-corrected chi connectivity index (χ3v) is 7.13. The highest BCUT2D eigenvalue weighted by molar-refractivity contribution is 5.96. The molecule has 4 aromatic carbocycles. The van der Waals surface area contributed by atoms with Gasteiger partial charge in [-0.15, -0.1) is 0 Å². The molecule has 44 heavy (non-hydrogen) atoms. The van der Waals surface area contributed by atoms with Crippen molar-refractivity contribution in [2.75, 3.05) is 19.7 Å². The molecule has 0 aliphatic rings. The van der Waals surface area contributed by atoms with Crippen molar-refractivity contribution in [2.24, 2.45) is 5.92 Å². The van der Waals surface area contributed by atoms with Crippen LogP contribution in [0.5, 0.6) is 0 Å². The van der Waals surface area contributed by atoms with E-state index in [2.05, 4.69) is 29.6 Å². The van der Waals surface area contributed by atoms with Gasteiger partial charge in [-0.25, -0.2) is 14.4 Å². The molecule has 0 aromatic heterocycles. The second-order valence-corrected chi connectivity index (χ2v) is 11.1. The fourth-order valence-corrected chi connectivity index (χ4v) is 5.00. The molecule has 2 N–H and O–H groups in total. The topological polar surface area (TPSA) is 105 Å². The Morgan fingerprint density at radius 2 is 1.45 bits per heavy atom. The van der Waals surface area contributed by atoms with Crippen LogP contribution in [0.2, 0.25) is 0 Å². The van der Waals surface area contributed by atoms with Gasteiger partial charge in [0, 0.05) is 13.0 Å². The number of ether oxygens (including phenoxy) is 2. The Morgan fingerprint density at radius 3 is 2.16 bits per heavy atom. The summed E-state index contributed by atoms with van der Waals surface area (Å²) in [7, 11) is 0. The number of benzene rings is 4. The summed E-state index contributed by atoms with van der Waals surface area (Å²) in [6.45, 7) is 5.64. The van der Waals surface area contributed by atoms with Crippen LogP contribution in [-0.2, 0) is 32.1 Å². The van der Waals surface area contributed by atoms with Crippen LogP contribution in [-0.4, -0.2) is 59.8 Å². The number of carbonyl (C=O) groups excluding carboxylic acids is 3. The van der Waals surface area contributed by atoms with Crippen LogP contribution in [0.4, 0.5) is 4.79 Å². The number of amides is 2. The summed E-state index contributed by atoms with van der Waals surface area (Å²) in [6, 6.07) is 30.0. The number of rotatable bonds is 13. The van der Waals surface area contributed by atoms with Gasteiger partial charge in [0.2, 0.25) is 0 Å². The standard InChI is InChI=1S/C36H40N2O6/c1-4-43-35(41)33(39)23-38(22-25(2)3)36(42)37-32(34(40)44-24-27-11-6-5-7-12-27)21-26-17-19-29(20-18-26)31-16-10-14-28-13-8-9-15-30(28)31/h5-20,25,32-33,39H,4,21-24H2,1-3H3,(H,37,42)/t32-,33?/m0/s1. The molecular weight excluding hydrogens is 556 g/mol. The van der Waals surface area contributed by atoms with Gasteiger partial charge >= 0.3 is 18.0 Å². The highest BCUT2D eigenvalue weighted by Crippen LogP contribution is 2.29. The summed E-state index contributed by atoms with van der Waals surface area (Å²) in [5.41, 5.74) is 3.79. The Kier molecular flexibility index (Phi) is 11.5. The molecule has 0 bridgehead atoms. The number of aliphatic hydroxyl groups is 1. The molecule has 0 aliphatic carbocycles. The van der Waals surface area contributed by atoms with E-state index in [0.717, 1.165) is 33.0 Å². The fourth-order valence-electron chi connectivity index (χ4n) is 5.00. The molecule has 1 unspecified atom stereocenters. The molecule has 2 atom stereocenters. The zero-order valence-electron chi connectivity index (χ0n) is 25.4. The molecule has 0 fully saturated rings. The third-order valence-electron chi connectivity index (χ3n) is 7.13. The number of nitrogens with zero attached hydrogens (tertiary/aromatic N) is 1. The van der Waals surface area contributed by atoms with Crippen molar-refractivity contribution in [3.63, 3.8) is 0 Å². The largest absolute Gasteiger partial charge is 0.464 e. The van der Waals surface area contributed by atoms with Crippen LogP contribution < -0.4 is 5.32 Å². The lowest BCUT2D eigenvalue weighted by Gasteiger charge is -2.28. The number of hydrogen-bond acceptors (Lipinski definition) is 6. The van der Waals surface area contributed by atoms with Gasteiger partial charge < -0.3 is 24.8 Å². The van der Waals surface area contributed by atoms with Crippen LogP contribution in [0.3, 0.4) is 0 Å². The summed E-state index contributed by atoms with van der Waals surface area (Å²) in [4.78, 5) is 40.3. The molecule has 8 heteroatoms. The third kappa shape index (κ3) is 8.91. The SMILES string of the molecule is CCOC(=O)C(O)CN(CC(C)C)C(=O)N[C@@H](Cc1ccc(-c2cccc3ccccc23)cc1)C(=O)OCc1ccccc1. The molecule has 0 aliphatic heterocycles. The summed E-state index contributed by atoms with van der Waals surface area (Å²) in [6.07, 6.45) is -1.32. The Morgan fingerprint density at radius 1 is 0.773 bits per heavy atom. The number of urea groups is 1. The minimum Gasteiger partial charge on any atom is -0.464 e. The van der Waals surface area contributed by atoms with E-state index in [1.807, 2.05) is 86.6 Å². The van der Waals surface area contributed by atoms with E-state index in [4.69, 9.17) is 9.47 Å². The molecule has 4 rings (SSSR count). The number of hydrogen-bond donors (Lipinski definition) is 2. The Balaban J connectivity index is 1.54. The van der Waals surface area contributed by atoms with Crippen LogP contribution >= 0.6 is 0 Å². The second kappa shape index (κ2) is 15.7. The predicted octanol–water partition coefficient (Wildman–Crippen LogP) is 5.75. The molecule has 0 radical (unpaired) electrons. The number of aliphatic hydroxyl groups excluding tert-OH is 1. The van der Waals surface area contributed by atoms with E-state index in [9.17, 15) is 19.5 Å². The van der Waals surface area contributed by atoms with Crippen LogP contribution in [0, 0.1) is 5.92 Å². The van der Waals surface area contributed by atoms with Crippen molar-refractivity contribution < 1.29 is 29.0 Å². The number of fused-ring (bicyclic) bond motifs is 1. The zero-order valence-corrected chi connectivity index (χ0v) is 25.4. The number of carbonyl (C=O) groups is 3. The summed E-state index contributed by atoms with van der Waals surface area (Å²) in [5, 5.41) is 15.5. The molecule has 0 spiro atoms. The summed E-state index contributed by atoms with van der Waals surface area (Å²) < 4.78 is 10.5. The first-order valence-electron chi connectivity index (χ1n) is 14.9. The Hall–Kier alpha value is -4.69. The van der Waals surface area contributed by atoms with Gasteiger partial charge in [0.15, 0.2) is 6.10 Å². The highest BCUT2D eigenvalue weighted by atomic mass is 16.5. The zero-order chi connectivity index (χ0) is 31.5. The van der Waals surface area contributed by atoms with E-state index < -0.39 is 30.1 Å². The predicted molar refractivity (Wildman–Crippen MR) is 171 cm³/mol. The first-order valence-corrected chi connectivity index (χ1v) is 14.9. The van der Waals surface area contributed by atoms with Crippen LogP contribution in [0.15, 0.2) is 97.1 Å². The van der Waals surface area contributed by atoms with E-state index in [1.54, 1.807) is 6.92 Å². The van der Waals surface area contributed by atoms with Crippen molar-refractivity contribution in [3.05, 3.63) is 108 Å². The van der Waals surface area contributed by atoms with E-state index in [-0.39, 0.29) is 38.6 Å². The Labute approximate surface area is 258 Å². The van der Waals surface area contributed by atoms with Gasteiger partial charge in [-0.2, -0.15) is 0 Å². The minimum atomic E-state index is -1.51. The van der Waals surface area contributed by atoms with Crippen LogP contribution in [0.25, 0.3) is 21.9 Å². The summed E-state index contributed by atoms with van der Waals surface area (Å²) in [5.74, 6) is -1.35. The second-order valence-electron chi connectivity index (χ2n) is 11.1. The lowest BCUT2D eigenvalue weighted by molar-refractivity contribution is -0.153. The lowest BCUT2D eigenvalue weighted by atomic mass is 9.96. The highest BCUT2D eigenvalue weighted by Gasteiger charge is 2.29. The molecule has 2 amide bonds. The van der Waals surface area contributed by atoms with Gasteiger partial charge in [-0.1, -0.05) is 111 Å². The first kappa shape index (κ1) is 32.2. The van der Waals surface area contributed by atoms with Crippen molar-refractivity contribution in [2.45, 2.75) is 45.9 Å². The molecule has 0 saturated carbocycles. The van der Waals surface area contributed by atoms with Gasteiger partial charge in [0.25, 0.3) is 0 Å². The fraction of sp³-hybridized carbons (Fsp3) is 0.306. The quantitative estimate of drug-likeness (QED) is 0.190. The van der Waals surface area contributed by atoms with E-state index in [0.29, 0.717) is 0 Å². The van der Waals surface area contributed by atoms with Crippen molar-refractivity contribution in [3.8, 4) is 11.1 Å². The Bertz CT molecular complexity index is 1530. The van der Waals surface area contributed by atoms with Crippen molar-refractivity contribution >= 4 is 28.7 Å². The molecule has 0 heterocycles. The maximum Gasteiger partial charge on any atom is 0.336 e. The monoisotopic (exact) mass is 596 g/mol. The van der Waals surface area contributed by atoms with E-state index in [1.165, 1.54) is 4.90 Å². The smallest absolute Gasteiger partial charge is 0.336 e. The summed E-state index contributed by atoms with van der Waals surface area (Å²) >= 11 is 0. The van der Waals surface area contributed by atoms with Gasteiger partial charge in [-0.3, -0.25) is 0 Å². The van der Waals surface area contributed by atoms with Crippen molar-refractivity contribution in [1.82, 2.24) is 10.2 Å². The lowest BCUT2D eigenvalue weighted by Crippen LogP contribution is -2.52. The maximum absolute atomic E-state index is 13.5. The normalized spacial score (nSPS) is 12.4. The van der Waals surface area contributed by atoms with Gasteiger partial charge in [-0.05, 0) is 45.9 Å². The molecule has 4 aromatic rings. The van der Waals surface area contributed by atoms with E-state index >= 15 is 0 Å². The van der Waals surface area contributed by atoms with Crippen LogP contribution in [0.1, 0.15) is 31.9 Å². The first-order chi connectivity index (χ1) is 21.2. The maximum atomic E-state index is 13.5.